The molecule has 2 aliphatic rings. The number of fused-ring (bicyclic) bond motifs is 3. The number of carboxylic acid groups (broad SMARTS) is 1. The van der Waals surface area contributed by atoms with Crippen LogP contribution in [0.4, 0.5) is 0 Å². The largest absolute Gasteiger partial charge is 0.481 e. The fraction of sp³-hybridized carbons (Fsp3) is 0.632. The van der Waals surface area contributed by atoms with Gasteiger partial charge in [0.1, 0.15) is 15.7 Å². The second-order valence-corrected chi connectivity index (χ2v) is 10.4. The van der Waals surface area contributed by atoms with Gasteiger partial charge in [-0.3, -0.25) is 4.79 Å². The number of aliphatic carboxylic acids is 1. The fourth-order valence-electron chi connectivity index (χ4n) is 3.66. The molecule has 2 aromatic heterocycles. The molecule has 0 aromatic carbocycles. The summed E-state index contributed by atoms with van der Waals surface area (Å²) < 4.78 is 0. The highest BCUT2D eigenvalue weighted by molar-refractivity contribution is 8.00. The molecule has 1 saturated carbocycles. The maximum atomic E-state index is 11.1. The van der Waals surface area contributed by atoms with E-state index in [1.165, 1.54) is 28.6 Å². The molecule has 0 radical (unpaired) electrons. The summed E-state index contributed by atoms with van der Waals surface area (Å²) in [5.74, 6) is 1.37. The molecule has 0 amide bonds. The van der Waals surface area contributed by atoms with Crippen molar-refractivity contribution in [2.75, 3.05) is 5.75 Å². The van der Waals surface area contributed by atoms with Gasteiger partial charge in [-0.2, -0.15) is 0 Å². The minimum Gasteiger partial charge on any atom is -0.481 e. The van der Waals surface area contributed by atoms with E-state index in [1.54, 1.807) is 0 Å². The first kappa shape index (κ1) is 17.3. The number of hydrogen-bond acceptors (Lipinski definition) is 5. The van der Waals surface area contributed by atoms with Gasteiger partial charge in [0.2, 0.25) is 0 Å². The van der Waals surface area contributed by atoms with Crippen LogP contribution >= 0.6 is 23.1 Å². The molecule has 0 saturated heterocycles. The summed E-state index contributed by atoms with van der Waals surface area (Å²) in [6.07, 6.45) is 5.68. The number of carbonyl (C=O) groups is 1. The standard InChI is InChI=1S/C19H24N2O2S2/c1-19(2,3)11-6-7-12-13(8-11)25-18-15(12)17(24-9-14(22)23)20-16(21-18)10-4-5-10/h10-11H,4-9H2,1-3H3,(H,22,23). The molecular weight excluding hydrogens is 352 g/mol. The second kappa shape index (κ2) is 6.23. The van der Waals surface area contributed by atoms with Crippen LogP contribution in [0.25, 0.3) is 10.2 Å². The maximum absolute atomic E-state index is 11.1. The van der Waals surface area contributed by atoms with E-state index >= 15 is 0 Å². The molecule has 2 heterocycles. The summed E-state index contributed by atoms with van der Waals surface area (Å²) in [5, 5.41) is 11.1. The molecule has 0 spiro atoms. The van der Waals surface area contributed by atoms with Crippen molar-refractivity contribution < 1.29 is 9.90 Å². The van der Waals surface area contributed by atoms with Crippen molar-refractivity contribution >= 4 is 39.3 Å². The third-order valence-corrected chi connectivity index (χ3v) is 7.50. The Labute approximate surface area is 156 Å². The van der Waals surface area contributed by atoms with E-state index in [4.69, 9.17) is 15.1 Å². The molecule has 2 aliphatic carbocycles. The van der Waals surface area contributed by atoms with Crippen molar-refractivity contribution in [1.29, 1.82) is 0 Å². The van der Waals surface area contributed by atoms with Gasteiger partial charge in [-0.05, 0) is 49.0 Å². The zero-order valence-corrected chi connectivity index (χ0v) is 16.6. The van der Waals surface area contributed by atoms with Crippen LogP contribution < -0.4 is 0 Å². The summed E-state index contributed by atoms with van der Waals surface area (Å²) in [6, 6.07) is 0. The minimum atomic E-state index is -0.790. The van der Waals surface area contributed by atoms with E-state index in [-0.39, 0.29) is 5.75 Å². The highest BCUT2D eigenvalue weighted by Gasteiger charge is 2.33. The first-order chi connectivity index (χ1) is 11.8. The van der Waals surface area contributed by atoms with Crippen molar-refractivity contribution in [3.8, 4) is 0 Å². The molecule has 1 unspecified atom stereocenters. The van der Waals surface area contributed by atoms with Crippen molar-refractivity contribution in [2.45, 2.75) is 63.8 Å². The molecule has 1 N–H and O–H groups in total. The first-order valence-electron chi connectivity index (χ1n) is 8.99. The lowest BCUT2D eigenvalue weighted by molar-refractivity contribution is -0.133. The molecule has 1 fully saturated rings. The average molecular weight is 377 g/mol. The predicted octanol–water partition coefficient (Wildman–Crippen LogP) is 4.90. The summed E-state index contributed by atoms with van der Waals surface area (Å²) in [7, 11) is 0. The van der Waals surface area contributed by atoms with Crippen molar-refractivity contribution in [1.82, 2.24) is 9.97 Å². The SMILES string of the molecule is CC(C)(C)C1CCc2c(sc3nc(C4CC4)nc(SCC(=O)O)c23)C1. The van der Waals surface area contributed by atoms with Crippen LogP contribution in [-0.2, 0) is 17.6 Å². The highest BCUT2D eigenvalue weighted by Crippen LogP contribution is 2.46. The molecule has 134 valence electrons. The van der Waals surface area contributed by atoms with Gasteiger partial charge in [0.05, 0.1) is 5.75 Å². The average Bonchev–Trinajstić information content (AvgIpc) is 3.31. The van der Waals surface area contributed by atoms with Crippen LogP contribution in [0.1, 0.15) is 62.2 Å². The number of thiophene rings is 1. The minimum absolute atomic E-state index is 0.0610. The van der Waals surface area contributed by atoms with Gasteiger partial charge in [-0.25, -0.2) is 9.97 Å². The summed E-state index contributed by atoms with van der Waals surface area (Å²) >= 11 is 3.17. The summed E-state index contributed by atoms with van der Waals surface area (Å²) in [5.41, 5.74) is 1.70. The maximum Gasteiger partial charge on any atom is 0.313 e. The van der Waals surface area contributed by atoms with Crippen molar-refractivity contribution in [2.24, 2.45) is 11.3 Å². The Morgan fingerprint density at radius 3 is 2.68 bits per heavy atom. The van der Waals surface area contributed by atoms with E-state index in [9.17, 15) is 4.79 Å². The molecule has 2 aromatic rings. The Bertz CT molecular complexity index is 834. The van der Waals surface area contributed by atoms with Crippen LogP contribution in [0.2, 0.25) is 0 Å². The van der Waals surface area contributed by atoms with Crippen LogP contribution in [-0.4, -0.2) is 26.8 Å². The lowest BCUT2D eigenvalue weighted by Crippen LogP contribution is -2.26. The molecule has 0 aliphatic heterocycles. The fourth-order valence-corrected chi connectivity index (χ4v) is 5.81. The Balaban J connectivity index is 1.77. The van der Waals surface area contributed by atoms with Gasteiger partial charge in [0, 0.05) is 16.2 Å². The monoisotopic (exact) mass is 376 g/mol. The van der Waals surface area contributed by atoms with Gasteiger partial charge in [0.15, 0.2) is 0 Å². The van der Waals surface area contributed by atoms with E-state index in [2.05, 4.69) is 20.8 Å². The normalized spacial score (nSPS) is 20.7. The number of aromatic nitrogens is 2. The van der Waals surface area contributed by atoms with Gasteiger partial charge in [0.25, 0.3) is 0 Å². The molecule has 1 atom stereocenters. The van der Waals surface area contributed by atoms with Gasteiger partial charge >= 0.3 is 5.97 Å². The number of hydrogen-bond donors (Lipinski definition) is 1. The number of thioether (sulfide) groups is 1. The van der Waals surface area contributed by atoms with Crippen LogP contribution in [0.5, 0.6) is 0 Å². The lowest BCUT2D eigenvalue weighted by atomic mass is 9.72. The van der Waals surface area contributed by atoms with Crippen LogP contribution in [0.3, 0.4) is 0 Å². The van der Waals surface area contributed by atoms with Crippen LogP contribution in [0.15, 0.2) is 5.03 Å². The summed E-state index contributed by atoms with van der Waals surface area (Å²) in [4.78, 5) is 23.2. The molecule has 4 nitrogen and oxygen atoms in total. The van der Waals surface area contributed by atoms with E-state index < -0.39 is 5.97 Å². The number of nitrogens with zero attached hydrogens (tertiary/aromatic N) is 2. The molecule has 25 heavy (non-hydrogen) atoms. The Kier molecular flexibility index (Phi) is 4.31. The highest BCUT2D eigenvalue weighted by atomic mass is 32.2. The third kappa shape index (κ3) is 3.43. The van der Waals surface area contributed by atoms with Gasteiger partial charge in [-0.1, -0.05) is 32.5 Å². The third-order valence-electron chi connectivity index (χ3n) is 5.39. The van der Waals surface area contributed by atoms with Crippen molar-refractivity contribution in [3.05, 3.63) is 16.3 Å². The zero-order chi connectivity index (χ0) is 17.8. The zero-order valence-electron chi connectivity index (χ0n) is 15.0. The Morgan fingerprint density at radius 1 is 1.28 bits per heavy atom. The molecule has 6 heteroatoms. The molecule has 4 rings (SSSR count). The quantitative estimate of drug-likeness (QED) is 0.607. The predicted molar refractivity (Wildman–Crippen MR) is 103 cm³/mol. The first-order valence-corrected chi connectivity index (χ1v) is 10.8. The van der Waals surface area contributed by atoms with E-state index in [0.717, 1.165) is 46.8 Å². The van der Waals surface area contributed by atoms with Gasteiger partial charge in [-0.15, -0.1) is 11.3 Å². The van der Waals surface area contributed by atoms with Crippen LogP contribution in [0, 0.1) is 11.3 Å². The topological polar surface area (TPSA) is 63.1 Å². The number of carboxylic acids is 1. The molecular formula is C19H24N2O2S2. The lowest BCUT2D eigenvalue weighted by Gasteiger charge is -2.33. The number of aryl methyl sites for hydroxylation is 1. The summed E-state index contributed by atoms with van der Waals surface area (Å²) in [6.45, 7) is 6.99. The smallest absolute Gasteiger partial charge is 0.313 e. The van der Waals surface area contributed by atoms with Crippen molar-refractivity contribution in [3.63, 3.8) is 0 Å². The Hall–Kier alpha value is -1.14. The van der Waals surface area contributed by atoms with Gasteiger partial charge < -0.3 is 5.11 Å². The number of rotatable bonds is 4. The van der Waals surface area contributed by atoms with E-state index in [1.807, 2.05) is 11.3 Å². The second-order valence-electron chi connectivity index (χ2n) is 8.33. The van der Waals surface area contributed by atoms with E-state index in [0.29, 0.717) is 17.3 Å². The Morgan fingerprint density at radius 2 is 2.04 bits per heavy atom. The molecule has 0 bridgehead atoms.